The number of hydrogen-bond acceptors (Lipinski definition) is 0. The first-order chi connectivity index (χ1) is 6.45. The lowest BCUT2D eigenvalue weighted by atomic mass is 10.1. The molecule has 1 aromatic rings. The lowest BCUT2D eigenvalue weighted by Crippen LogP contribution is -2.25. The minimum Gasteiger partial charge on any atom is -0.167 e. The third-order valence-electron chi connectivity index (χ3n) is 2.66. The average Bonchev–Trinajstić information content (AvgIpc) is 2.15. The Bertz CT molecular complexity index is 287. The lowest BCUT2D eigenvalue weighted by Gasteiger charge is -2.22. The SMILES string of the molecule is CC(c1ccc(CCl)cc1)[Si](C)(C)Cl. The van der Waals surface area contributed by atoms with Crippen LogP contribution in [0, 0.1) is 0 Å². The first-order valence-corrected chi connectivity index (χ1v) is 9.41. The zero-order valence-electron chi connectivity index (χ0n) is 8.85. The van der Waals surface area contributed by atoms with Crippen molar-refractivity contribution in [1.29, 1.82) is 0 Å². The van der Waals surface area contributed by atoms with Gasteiger partial charge in [-0.1, -0.05) is 44.3 Å². The molecule has 1 unspecified atom stereocenters. The lowest BCUT2D eigenvalue weighted by molar-refractivity contribution is 1.03. The molecule has 0 amide bonds. The van der Waals surface area contributed by atoms with Crippen molar-refractivity contribution in [1.82, 2.24) is 0 Å². The average molecular weight is 247 g/mol. The van der Waals surface area contributed by atoms with Gasteiger partial charge in [0.1, 0.15) is 0 Å². The van der Waals surface area contributed by atoms with Crippen LogP contribution >= 0.6 is 22.7 Å². The molecule has 0 spiro atoms. The van der Waals surface area contributed by atoms with Crippen LogP contribution in [-0.2, 0) is 5.88 Å². The van der Waals surface area contributed by atoms with E-state index in [0.717, 1.165) is 5.56 Å². The summed E-state index contributed by atoms with van der Waals surface area (Å²) in [5, 5.41) is 0. The van der Waals surface area contributed by atoms with Gasteiger partial charge in [0.05, 0.1) is 0 Å². The van der Waals surface area contributed by atoms with Crippen molar-refractivity contribution >= 4 is 30.1 Å². The maximum absolute atomic E-state index is 6.40. The molecule has 0 fully saturated rings. The summed E-state index contributed by atoms with van der Waals surface area (Å²) < 4.78 is 0. The van der Waals surface area contributed by atoms with Crippen molar-refractivity contribution in [3.8, 4) is 0 Å². The molecule has 0 aliphatic rings. The molecule has 0 heterocycles. The predicted octanol–water partition coefficient (Wildman–Crippen LogP) is 4.51. The van der Waals surface area contributed by atoms with Crippen molar-refractivity contribution in [2.24, 2.45) is 0 Å². The van der Waals surface area contributed by atoms with E-state index in [1.165, 1.54) is 5.56 Å². The van der Waals surface area contributed by atoms with Crippen molar-refractivity contribution < 1.29 is 0 Å². The standard InChI is InChI=1S/C11H16Cl2Si/c1-9(14(2,3)13)11-6-4-10(8-12)5-7-11/h4-7,9H,8H2,1-3H3. The third-order valence-corrected chi connectivity index (χ3v) is 6.35. The highest BCUT2D eigenvalue weighted by Gasteiger charge is 2.26. The minimum absolute atomic E-state index is 0.480. The fourth-order valence-corrected chi connectivity index (χ4v) is 2.83. The molecule has 78 valence electrons. The molecule has 0 aliphatic carbocycles. The molecular formula is C11H16Cl2Si. The van der Waals surface area contributed by atoms with E-state index in [4.69, 9.17) is 22.7 Å². The fraction of sp³-hybridized carbons (Fsp3) is 0.455. The summed E-state index contributed by atoms with van der Waals surface area (Å²) in [7, 11) is -1.59. The number of rotatable bonds is 3. The van der Waals surface area contributed by atoms with Crippen LogP contribution in [0.15, 0.2) is 24.3 Å². The Morgan fingerprint density at radius 2 is 1.71 bits per heavy atom. The molecule has 0 aromatic heterocycles. The minimum atomic E-state index is -1.59. The summed E-state index contributed by atoms with van der Waals surface area (Å²) in [6, 6.07) is 8.44. The maximum atomic E-state index is 6.40. The van der Waals surface area contributed by atoms with Gasteiger partial charge in [-0.15, -0.1) is 11.6 Å². The number of benzene rings is 1. The molecule has 0 N–H and O–H groups in total. The third kappa shape index (κ3) is 3.01. The topological polar surface area (TPSA) is 0 Å². The molecule has 0 bridgehead atoms. The quantitative estimate of drug-likeness (QED) is 0.418. The normalized spacial score (nSPS) is 14.1. The van der Waals surface area contributed by atoms with Crippen molar-refractivity contribution in [2.45, 2.75) is 31.4 Å². The maximum Gasteiger partial charge on any atom is 0.157 e. The van der Waals surface area contributed by atoms with Crippen LogP contribution in [0.25, 0.3) is 0 Å². The van der Waals surface area contributed by atoms with E-state index in [2.05, 4.69) is 44.3 Å². The molecule has 1 rings (SSSR count). The largest absolute Gasteiger partial charge is 0.167 e. The van der Waals surface area contributed by atoms with Crippen molar-refractivity contribution in [2.75, 3.05) is 0 Å². The molecule has 14 heavy (non-hydrogen) atoms. The van der Waals surface area contributed by atoms with Gasteiger partial charge in [0.15, 0.2) is 7.38 Å². The van der Waals surface area contributed by atoms with Crippen LogP contribution in [0.1, 0.15) is 23.6 Å². The number of halogens is 2. The molecule has 0 saturated heterocycles. The van der Waals surface area contributed by atoms with E-state index < -0.39 is 7.38 Å². The Morgan fingerprint density at radius 1 is 1.21 bits per heavy atom. The Hall–Kier alpha value is 0.0169. The summed E-state index contributed by atoms with van der Waals surface area (Å²) in [5.74, 6) is 0.580. The van der Waals surface area contributed by atoms with Crippen LogP contribution in [0.3, 0.4) is 0 Å². The van der Waals surface area contributed by atoms with Gasteiger partial charge in [0.25, 0.3) is 0 Å². The molecule has 1 atom stereocenters. The van der Waals surface area contributed by atoms with Gasteiger partial charge in [0, 0.05) is 5.88 Å². The Morgan fingerprint density at radius 3 is 2.07 bits per heavy atom. The fourth-order valence-electron chi connectivity index (χ4n) is 1.29. The second-order valence-electron chi connectivity index (χ2n) is 4.16. The first kappa shape index (κ1) is 12.1. The Kier molecular flexibility index (Phi) is 4.05. The van der Waals surface area contributed by atoms with Gasteiger partial charge in [-0.25, -0.2) is 0 Å². The van der Waals surface area contributed by atoms with Crippen LogP contribution in [0.5, 0.6) is 0 Å². The van der Waals surface area contributed by atoms with E-state index in [-0.39, 0.29) is 0 Å². The summed E-state index contributed by atoms with van der Waals surface area (Å²) in [4.78, 5) is 0. The van der Waals surface area contributed by atoms with E-state index in [1.807, 2.05) is 0 Å². The smallest absolute Gasteiger partial charge is 0.157 e. The molecule has 0 radical (unpaired) electrons. The molecule has 0 nitrogen and oxygen atoms in total. The molecule has 0 aliphatic heterocycles. The van der Waals surface area contributed by atoms with Crippen LogP contribution in [-0.4, -0.2) is 7.38 Å². The number of alkyl halides is 1. The number of hydrogen-bond donors (Lipinski definition) is 0. The van der Waals surface area contributed by atoms with Crippen LogP contribution < -0.4 is 0 Å². The highest BCUT2D eigenvalue weighted by atomic mass is 35.6. The van der Waals surface area contributed by atoms with Gasteiger partial charge >= 0.3 is 0 Å². The summed E-state index contributed by atoms with van der Waals surface area (Å²) in [6.45, 7) is 6.55. The van der Waals surface area contributed by atoms with Gasteiger partial charge < -0.3 is 0 Å². The highest BCUT2D eigenvalue weighted by molar-refractivity contribution is 7.19. The molecular weight excluding hydrogens is 231 g/mol. The van der Waals surface area contributed by atoms with Crippen molar-refractivity contribution in [3.63, 3.8) is 0 Å². The summed E-state index contributed by atoms with van der Waals surface area (Å²) in [6.07, 6.45) is 0. The first-order valence-electron chi connectivity index (χ1n) is 4.79. The second-order valence-corrected chi connectivity index (χ2v) is 11.3. The van der Waals surface area contributed by atoms with E-state index >= 15 is 0 Å². The Balaban J connectivity index is 2.87. The molecule has 3 heteroatoms. The van der Waals surface area contributed by atoms with E-state index in [1.54, 1.807) is 0 Å². The predicted molar refractivity (Wildman–Crippen MR) is 67.7 cm³/mol. The second kappa shape index (κ2) is 4.69. The molecule has 0 saturated carbocycles. The summed E-state index contributed by atoms with van der Waals surface area (Å²) in [5.41, 5.74) is 2.97. The van der Waals surface area contributed by atoms with Crippen molar-refractivity contribution in [3.05, 3.63) is 35.4 Å². The van der Waals surface area contributed by atoms with Gasteiger partial charge in [0.2, 0.25) is 0 Å². The van der Waals surface area contributed by atoms with Gasteiger partial charge in [-0.2, -0.15) is 11.1 Å². The van der Waals surface area contributed by atoms with Crippen LogP contribution in [0.2, 0.25) is 13.1 Å². The zero-order chi connectivity index (χ0) is 10.8. The van der Waals surface area contributed by atoms with E-state index in [0.29, 0.717) is 11.4 Å². The van der Waals surface area contributed by atoms with E-state index in [9.17, 15) is 0 Å². The summed E-state index contributed by atoms with van der Waals surface area (Å²) >= 11 is 12.1. The highest BCUT2D eigenvalue weighted by Crippen LogP contribution is 2.29. The Labute approximate surface area is 96.9 Å². The van der Waals surface area contributed by atoms with Gasteiger partial charge in [-0.05, 0) is 16.7 Å². The molecule has 1 aromatic carbocycles. The van der Waals surface area contributed by atoms with Crippen LogP contribution in [0.4, 0.5) is 0 Å². The van der Waals surface area contributed by atoms with Gasteiger partial charge in [-0.3, -0.25) is 0 Å². The zero-order valence-corrected chi connectivity index (χ0v) is 11.4. The monoisotopic (exact) mass is 246 g/mol.